The van der Waals surface area contributed by atoms with Gasteiger partial charge in [-0.1, -0.05) is 48.5 Å². The summed E-state index contributed by atoms with van der Waals surface area (Å²) in [5.74, 6) is 0.870. The standard InChI is InChI=1S/C28H32N4O2S/c1-34-24-11-9-23(10-12-24)27-20-26(22-6-3-2-4-7-22)29-32(27)28(33)21-31-17-15-30(16-18-31)14-13-25-8-5-19-35-25/h2-12,19,27H,13-18,20-21H2,1H3. The average molecular weight is 489 g/mol. The van der Waals surface area contributed by atoms with Crippen molar-refractivity contribution in [1.82, 2.24) is 14.8 Å². The van der Waals surface area contributed by atoms with Crippen LogP contribution in [0.2, 0.25) is 0 Å². The molecule has 3 heterocycles. The second-order valence-corrected chi connectivity index (χ2v) is 10.1. The van der Waals surface area contributed by atoms with Crippen molar-refractivity contribution in [1.29, 1.82) is 0 Å². The van der Waals surface area contributed by atoms with Gasteiger partial charge in [-0.3, -0.25) is 9.69 Å². The van der Waals surface area contributed by atoms with Crippen LogP contribution in [-0.2, 0) is 11.2 Å². The van der Waals surface area contributed by atoms with E-state index in [1.807, 2.05) is 53.8 Å². The number of hydrazone groups is 1. The number of amides is 1. The average Bonchev–Trinajstić information content (AvgIpc) is 3.59. The van der Waals surface area contributed by atoms with E-state index in [0.717, 1.165) is 61.7 Å². The first kappa shape index (κ1) is 23.7. The number of nitrogens with zero attached hydrogens (tertiary/aromatic N) is 4. The van der Waals surface area contributed by atoms with Gasteiger partial charge in [0.1, 0.15) is 5.75 Å². The van der Waals surface area contributed by atoms with Crippen LogP contribution >= 0.6 is 11.3 Å². The predicted molar refractivity (Wildman–Crippen MR) is 141 cm³/mol. The molecule has 1 aromatic heterocycles. The number of benzene rings is 2. The summed E-state index contributed by atoms with van der Waals surface area (Å²) in [6.07, 6.45) is 1.81. The van der Waals surface area contributed by atoms with E-state index in [9.17, 15) is 4.79 Å². The Labute approximate surface area is 211 Å². The van der Waals surface area contributed by atoms with Crippen LogP contribution in [0.4, 0.5) is 0 Å². The van der Waals surface area contributed by atoms with E-state index in [1.54, 1.807) is 12.1 Å². The zero-order chi connectivity index (χ0) is 24.0. The molecule has 1 atom stereocenters. The summed E-state index contributed by atoms with van der Waals surface area (Å²) >= 11 is 1.83. The van der Waals surface area contributed by atoms with Gasteiger partial charge in [0.2, 0.25) is 0 Å². The van der Waals surface area contributed by atoms with Gasteiger partial charge in [0.25, 0.3) is 5.91 Å². The van der Waals surface area contributed by atoms with Crippen LogP contribution in [0.5, 0.6) is 5.75 Å². The molecular formula is C28H32N4O2S. The van der Waals surface area contributed by atoms with Crippen LogP contribution in [0.25, 0.3) is 0 Å². The summed E-state index contributed by atoms with van der Waals surface area (Å²) in [6.45, 7) is 5.30. The molecule has 0 spiro atoms. The smallest absolute Gasteiger partial charge is 0.257 e. The fourth-order valence-electron chi connectivity index (χ4n) is 4.79. The Morgan fingerprint density at radius 3 is 2.40 bits per heavy atom. The van der Waals surface area contributed by atoms with Gasteiger partial charge < -0.3 is 9.64 Å². The topological polar surface area (TPSA) is 48.4 Å². The zero-order valence-corrected chi connectivity index (χ0v) is 21.0. The third-order valence-corrected chi connectivity index (χ3v) is 7.79. The van der Waals surface area contributed by atoms with Gasteiger partial charge in [0.05, 0.1) is 25.4 Å². The largest absolute Gasteiger partial charge is 0.497 e. The van der Waals surface area contributed by atoms with Crippen molar-refractivity contribution in [2.45, 2.75) is 18.9 Å². The van der Waals surface area contributed by atoms with Crippen LogP contribution in [0.3, 0.4) is 0 Å². The highest BCUT2D eigenvalue weighted by atomic mass is 32.1. The molecule has 0 N–H and O–H groups in total. The third-order valence-electron chi connectivity index (χ3n) is 6.85. The monoisotopic (exact) mass is 488 g/mol. The number of hydrogen-bond acceptors (Lipinski definition) is 6. The number of hydrogen-bond donors (Lipinski definition) is 0. The Morgan fingerprint density at radius 1 is 0.971 bits per heavy atom. The maximum atomic E-state index is 13.5. The van der Waals surface area contributed by atoms with Crippen molar-refractivity contribution in [2.24, 2.45) is 5.10 Å². The molecule has 2 aliphatic heterocycles. The lowest BCUT2D eigenvalue weighted by molar-refractivity contribution is -0.134. The number of carbonyl (C=O) groups is 1. The lowest BCUT2D eigenvalue weighted by atomic mass is 9.98. The summed E-state index contributed by atoms with van der Waals surface area (Å²) in [7, 11) is 1.67. The predicted octanol–water partition coefficient (Wildman–Crippen LogP) is 4.29. The van der Waals surface area contributed by atoms with E-state index in [-0.39, 0.29) is 11.9 Å². The van der Waals surface area contributed by atoms with Gasteiger partial charge >= 0.3 is 0 Å². The van der Waals surface area contributed by atoms with E-state index in [1.165, 1.54) is 4.88 Å². The summed E-state index contributed by atoms with van der Waals surface area (Å²) in [5.41, 5.74) is 3.10. The van der Waals surface area contributed by atoms with Gasteiger partial charge in [-0.2, -0.15) is 5.10 Å². The van der Waals surface area contributed by atoms with Crippen LogP contribution in [0.15, 0.2) is 77.2 Å². The minimum atomic E-state index is -0.101. The highest BCUT2D eigenvalue weighted by molar-refractivity contribution is 7.09. The van der Waals surface area contributed by atoms with Crippen molar-refractivity contribution >= 4 is 23.0 Å². The molecule has 3 aromatic rings. The van der Waals surface area contributed by atoms with Gasteiger partial charge in [0, 0.05) is 44.0 Å². The van der Waals surface area contributed by atoms with E-state index in [4.69, 9.17) is 9.84 Å². The molecule has 0 radical (unpaired) electrons. The number of rotatable bonds is 8. The molecule has 0 bridgehead atoms. The van der Waals surface area contributed by atoms with Crippen LogP contribution < -0.4 is 4.74 Å². The van der Waals surface area contributed by atoms with E-state index in [2.05, 4.69) is 39.4 Å². The zero-order valence-electron chi connectivity index (χ0n) is 20.2. The number of thiophene rings is 1. The van der Waals surface area contributed by atoms with Crippen molar-refractivity contribution < 1.29 is 9.53 Å². The summed E-state index contributed by atoms with van der Waals surface area (Å²) in [5, 5.41) is 8.69. The van der Waals surface area contributed by atoms with Crippen molar-refractivity contribution in [3.8, 4) is 5.75 Å². The number of methoxy groups -OCH3 is 1. The first-order valence-corrected chi connectivity index (χ1v) is 13.1. The summed E-state index contributed by atoms with van der Waals surface area (Å²) < 4.78 is 5.32. The molecule has 1 fully saturated rings. The molecule has 7 heteroatoms. The lowest BCUT2D eigenvalue weighted by Gasteiger charge is -2.35. The summed E-state index contributed by atoms with van der Waals surface area (Å²) in [4.78, 5) is 19.7. The van der Waals surface area contributed by atoms with Crippen molar-refractivity contribution in [2.75, 3.05) is 46.4 Å². The van der Waals surface area contributed by atoms with Gasteiger partial charge in [-0.15, -0.1) is 11.3 Å². The molecule has 1 saturated heterocycles. The van der Waals surface area contributed by atoms with Crippen LogP contribution in [-0.4, -0.2) is 72.8 Å². The Hall–Kier alpha value is -3.00. The summed E-state index contributed by atoms with van der Waals surface area (Å²) in [6, 6.07) is 22.4. The fourth-order valence-corrected chi connectivity index (χ4v) is 5.49. The second-order valence-electron chi connectivity index (χ2n) is 9.09. The molecule has 6 nitrogen and oxygen atoms in total. The maximum absolute atomic E-state index is 13.5. The molecule has 182 valence electrons. The first-order valence-electron chi connectivity index (χ1n) is 12.3. The molecule has 5 rings (SSSR count). The fraction of sp³-hybridized carbons (Fsp3) is 0.357. The molecule has 0 saturated carbocycles. The normalized spacial score (nSPS) is 19.1. The Kier molecular flexibility index (Phi) is 7.57. The second kappa shape index (κ2) is 11.2. The Bertz CT molecular complexity index is 1120. The van der Waals surface area contributed by atoms with Gasteiger partial charge in [-0.25, -0.2) is 5.01 Å². The number of ether oxygens (including phenoxy) is 1. The van der Waals surface area contributed by atoms with E-state index >= 15 is 0 Å². The number of carbonyl (C=O) groups excluding carboxylic acids is 1. The maximum Gasteiger partial charge on any atom is 0.257 e. The molecule has 2 aliphatic rings. The van der Waals surface area contributed by atoms with Crippen LogP contribution in [0, 0.1) is 0 Å². The molecule has 0 aliphatic carbocycles. The molecular weight excluding hydrogens is 456 g/mol. The minimum absolute atomic E-state index is 0.0591. The first-order chi connectivity index (χ1) is 17.2. The van der Waals surface area contributed by atoms with E-state index < -0.39 is 0 Å². The van der Waals surface area contributed by atoms with Crippen LogP contribution in [0.1, 0.15) is 28.5 Å². The molecule has 1 amide bonds. The molecule has 2 aromatic carbocycles. The number of piperazine rings is 1. The van der Waals surface area contributed by atoms with E-state index in [0.29, 0.717) is 13.0 Å². The van der Waals surface area contributed by atoms with Gasteiger partial charge in [-0.05, 0) is 41.1 Å². The highest BCUT2D eigenvalue weighted by Crippen LogP contribution is 2.33. The minimum Gasteiger partial charge on any atom is -0.497 e. The van der Waals surface area contributed by atoms with Gasteiger partial charge in [0.15, 0.2) is 0 Å². The third kappa shape index (κ3) is 5.81. The SMILES string of the molecule is COc1ccc(C2CC(c3ccccc3)=NN2C(=O)CN2CCN(CCc3cccs3)CC2)cc1. The molecule has 1 unspecified atom stereocenters. The highest BCUT2D eigenvalue weighted by Gasteiger charge is 2.34. The Morgan fingerprint density at radius 2 is 1.71 bits per heavy atom. The lowest BCUT2D eigenvalue weighted by Crippen LogP contribution is -2.49. The Balaban J connectivity index is 1.23. The van der Waals surface area contributed by atoms with Crippen molar-refractivity contribution in [3.05, 3.63) is 88.1 Å². The van der Waals surface area contributed by atoms with Crippen molar-refractivity contribution in [3.63, 3.8) is 0 Å². The molecule has 35 heavy (non-hydrogen) atoms. The quantitative estimate of drug-likeness (QED) is 0.475.